The molecule has 0 aliphatic heterocycles. The van der Waals surface area contributed by atoms with Crippen LogP contribution in [0.15, 0.2) is 33.9 Å². The largest absolute Gasteiger partial charge is 0.416 e. The molecule has 2 heterocycles. The number of rotatable bonds is 3. The van der Waals surface area contributed by atoms with E-state index in [0.717, 1.165) is 15.7 Å². The van der Waals surface area contributed by atoms with E-state index in [1.54, 1.807) is 0 Å². The minimum atomic E-state index is -0.555. The van der Waals surface area contributed by atoms with Crippen LogP contribution in [0.5, 0.6) is 0 Å². The van der Waals surface area contributed by atoms with Crippen molar-refractivity contribution in [3.05, 3.63) is 50.7 Å². The molecular formula is C15H16N5O3+. The maximum Gasteiger partial charge on any atom is 0.416 e. The second kappa shape index (κ2) is 5.73. The number of aromatic amines is 1. The number of hydrogen-bond acceptors (Lipinski definition) is 5. The van der Waals surface area contributed by atoms with Crippen LogP contribution in [0.1, 0.15) is 5.56 Å². The first-order valence-corrected chi connectivity index (χ1v) is 7.10. The number of benzene rings is 1. The van der Waals surface area contributed by atoms with Crippen molar-refractivity contribution in [2.45, 2.75) is 13.5 Å². The molecule has 2 N–H and O–H groups in total. The van der Waals surface area contributed by atoms with Crippen LogP contribution in [0, 0.1) is 6.92 Å². The highest BCUT2D eigenvalue weighted by Crippen LogP contribution is 2.14. The average Bonchev–Trinajstić information content (AvgIpc) is 2.54. The van der Waals surface area contributed by atoms with Gasteiger partial charge in [-0.3, -0.25) is 4.79 Å². The Morgan fingerprint density at radius 2 is 1.96 bits per heavy atom. The Balaban J connectivity index is 2.35. The highest BCUT2D eigenvalue weighted by Gasteiger charge is 2.20. The third kappa shape index (κ3) is 2.64. The molecule has 0 spiro atoms. The second-order valence-electron chi connectivity index (χ2n) is 5.24. The first kappa shape index (κ1) is 15.0. The number of H-pyrrole nitrogens is 1. The zero-order chi connectivity index (χ0) is 16.6. The van der Waals surface area contributed by atoms with Crippen LogP contribution in [0.25, 0.3) is 22.6 Å². The predicted molar refractivity (Wildman–Crippen MR) is 82.9 cm³/mol. The Morgan fingerprint density at radius 3 is 2.61 bits per heavy atom. The molecule has 3 aromatic rings. The van der Waals surface area contributed by atoms with E-state index in [9.17, 15) is 14.7 Å². The zero-order valence-corrected chi connectivity index (χ0v) is 12.8. The molecule has 23 heavy (non-hydrogen) atoms. The van der Waals surface area contributed by atoms with Crippen LogP contribution >= 0.6 is 0 Å². The molecule has 0 atom stereocenters. The molecule has 0 unspecified atom stereocenters. The molecule has 0 aliphatic carbocycles. The van der Waals surface area contributed by atoms with Gasteiger partial charge in [0.15, 0.2) is 0 Å². The van der Waals surface area contributed by atoms with Crippen molar-refractivity contribution in [2.24, 2.45) is 7.05 Å². The average molecular weight is 314 g/mol. The first-order chi connectivity index (χ1) is 11.0. The van der Waals surface area contributed by atoms with Crippen LogP contribution in [-0.2, 0) is 13.6 Å². The van der Waals surface area contributed by atoms with Gasteiger partial charge in [-0.25, -0.2) is 14.3 Å². The molecule has 0 saturated heterocycles. The fourth-order valence-electron chi connectivity index (χ4n) is 2.26. The Morgan fingerprint density at radius 1 is 1.26 bits per heavy atom. The molecule has 3 rings (SSSR count). The quantitative estimate of drug-likeness (QED) is 0.620. The number of nitrogens with one attached hydrogen (secondary N) is 1. The molecule has 118 valence electrons. The molecule has 0 bridgehead atoms. The first-order valence-electron chi connectivity index (χ1n) is 7.10. The van der Waals surface area contributed by atoms with Gasteiger partial charge in [0.1, 0.15) is 6.54 Å². The van der Waals surface area contributed by atoms with Gasteiger partial charge >= 0.3 is 11.3 Å². The summed E-state index contributed by atoms with van der Waals surface area (Å²) in [5.41, 5.74) is 1.08. The molecule has 0 radical (unpaired) electrons. The maximum absolute atomic E-state index is 12.3. The molecular weight excluding hydrogens is 298 g/mol. The van der Waals surface area contributed by atoms with Crippen LogP contribution in [-0.4, -0.2) is 31.3 Å². The number of hydrogen-bond donors (Lipinski definition) is 2. The topological polar surface area (TPSA) is 105 Å². The maximum atomic E-state index is 12.3. The van der Waals surface area contributed by atoms with Crippen molar-refractivity contribution in [2.75, 3.05) is 6.61 Å². The number of fused-ring (bicyclic) bond motifs is 1. The third-order valence-corrected chi connectivity index (χ3v) is 3.57. The van der Waals surface area contributed by atoms with E-state index in [-0.39, 0.29) is 24.3 Å². The summed E-state index contributed by atoms with van der Waals surface area (Å²) in [6.07, 6.45) is 0. The Labute approximate surface area is 130 Å². The summed E-state index contributed by atoms with van der Waals surface area (Å²) >= 11 is 0. The molecule has 1 aromatic carbocycles. The lowest BCUT2D eigenvalue weighted by Crippen LogP contribution is -2.46. The minimum Gasteiger partial charge on any atom is -0.392 e. The zero-order valence-electron chi connectivity index (χ0n) is 12.8. The fraction of sp³-hybridized carbons (Fsp3) is 0.267. The smallest absolute Gasteiger partial charge is 0.392 e. The third-order valence-electron chi connectivity index (χ3n) is 3.57. The molecule has 8 heteroatoms. The van der Waals surface area contributed by atoms with E-state index in [2.05, 4.69) is 15.1 Å². The number of nitrogens with zero attached hydrogens (tertiary/aromatic N) is 4. The summed E-state index contributed by atoms with van der Waals surface area (Å²) in [4.78, 5) is 31.0. The minimum absolute atomic E-state index is 0.103. The van der Waals surface area contributed by atoms with Crippen molar-refractivity contribution < 1.29 is 9.79 Å². The van der Waals surface area contributed by atoms with Gasteiger partial charge in [0.05, 0.1) is 6.61 Å². The number of aliphatic hydroxyl groups excluding tert-OH is 1. The van der Waals surface area contributed by atoms with Gasteiger partial charge in [-0.2, -0.15) is 4.98 Å². The normalized spacial score (nSPS) is 11.1. The summed E-state index contributed by atoms with van der Waals surface area (Å²) < 4.78 is 2.35. The SMILES string of the molecule is Cc1ccc(-c2nc3c(=O)n(C)c(=O)[nH]c3[n+](CCO)n2)cc1. The molecule has 0 saturated carbocycles. The van der Waals surface area contributed by atoms with Crippen LogP contribution in [0.4, 0.5) is 0 Å². The number of aryl methyl sites for hydroxylation is 1. The van der Waals surface area contributed by atoms with Gasteiger partial charge in [0.25, 0.3) is 5.56 Å². The van der Waals surface area contributed by atoms with Gasteiger partial charge in [-0.05, 0) is 6.92 Å². The monoisotopic (exact) mass is 314 g/mol. The van der Waals surface area contributed by atoms with Gasteiger partial charge in [-0.1, -0.05) is 34.9 Å². The van der Waals surface area contributed by atoms with E-state index >= 15 is 0 Å². The lowest BCUT2D eigenvalue weighted by molar-refractivity contribution is -0.731. The van der Waals surface area contributed by atoms with Crippen LogP contribution < -0.4 is 15.9 Å². The van der Waals surface area contributed by atoms with Gasteiger partial charge in [0.2, 0.25) is 11.3 Å². The van der Waals surface area contributed by atoms with Crippen LogP contribution in [0.2, 0.25) is 0 Å². The van der Waals surface area contributed by atoms with Crippen molar-refractivity contribution in [3.63, 3.8) is 0 Å². The van der Waals surface area contributed by atoms with E-state index in [4.69, 9.17) is 0 Å². The fourth-order valence-corrected chi connectivity index (χ4v) is 2.26. The highest BCUT2D eigenvalue weighted by atomic mass is 16.3. The van der Waals surface area contributed by atoms with Crippen molar-refractivity contribution >= 4 is 11.2 Å². The number of aliphatic hydroxyl groups is 1. The van der Waals surface area contributed by atoms with Crippen molar-refractivity contribution in [3.8, 4) is 11.4 Å². The van der Waals surface area contributed by atoms with E-state index in [0.29, 0.717) is 5.82 Å². The van der Waals surface area contributed by atoms with E-state index < -0.39 is 11.2 Å². The lowest BCUT2D eigenvalue weighted by atomic mass is 10.1. The van der Waals surface area contributed by atoms with Gasteiger partial charge < -0.3 is 5.11 Å². The predicted octanol–water partition coefficient (Wildman–Crippen LogP) is -0.728. The molecule has 2 aromatic heterocycles. The molecule has 0 amide bonds. The second-order valence-corrected chi connectivity index (χ2v) is 5.24. The lowest BCUT2D eigenvalue weighted by Gasteiger charge is -2.05. The summed E-state index contributed by atoms with van der Waals surface area (Å²) in [5, 5.41) is 13.5. The van der Waals surface area contributed by atoms with Crippen molar-refractivity contribution in [1.29, 1.82) is 0 Å². The van der Waals surface area contributed by atoms with Crippen LogP contribution in [0.3, 0.4) is 0 Å². The van der Waals surface area contributed by atoms with E-state index in [1.165, 1.54) is 11.7 Å². The molecule has 8 nitrogen and oxygen atoms in total. The van der Waals surface area contributed by atoms with Gasteiger partial charge in [-0.15, -0.1) is 4.68 Å². The molecule has 0 fully saturated rings. The van der Waals surface area contributed by atoms with Crippen molar-refractivity contribution in [1.82, 2.24) is 19.6 Å². The summed E-state index contributed by atoms with van der Waals surface area (Å²) in [5.74, 6) is 0.357. The summed E-state index contributed by atoms with van der Waals surface area (Å²) in [7, 11) is 1.38. The highest BCUT2D eigenvalue weighted by molar-refractivity contribution is 5.67. The standard InChI is InChI=1S/C15H15N5O3/c1-9-3-5-10(6-4-9)12-16-11-13(20(18-12)7-8-21)17-15(23)19(2)14(11)22/h3-6,21H,7-8H2,1-2H3/p+1. The Hall–Kier alpha value is -2.87. The Kier molecular flexibility index (Phi) is 3.75. The Bertz CT molecular complexity index is 989. The summed E-state index contributed by atoms with van der Waals surface area (Å²) in [6, 6.07) is 7.56. The number of aromatic nitrogens is 5. The van der Waals surface area contributed by atoms with Gasteiger partial charge in [0, 0.05) is 12.6 Å². The summed E-state index contributed by atoms with van der Waals surface area (Å²) in [6.45, 7) is 1.93. The molecule has 0 aliphatic rings. The van der Waals surface area contributed by atoms with E-state index in [1.807, 2.05) is 31.2 Å².